The fraction of sp³-hybridized carbons (Fsp3) is 0.611. The maximum absolute atomic E-state index is 10.8. The molecule has 120 valence electrons. The van der Waals surface area contributed by atoms with E-state index in [-0.39, 0.29) is 0 Å². The van der Waals surface area contributed by atoms with E-state index in [1.807, 2.05) is 6.07 Å². The van der Waals surface area contributed by atoms with Gasteiger partial charge in [-0.25, -0.2) is 0 Å². The summed E-state index contributed by atoms with van der Waals surface area (Å²) in [5, 5.41) is 19.9. The Morgan fingerprint density at radius 1 is 1.27 bits per heavy atom. The van der Waals surface area contributed by atoms with Gasteiger partial charge in [-0.2, -0.15) is 5.26 Å². The highest BCUT2D eigenvalue weighted by Crippen LogP contribution is 2.43. The summed E-state index contributed by atoms with van der Waals surface area (Å²) >= 11 is 0. The fourth-order valence-electron chi connectivity index (χ4n) is 3.22. The van der Waals surface area contributed by atoms with E-state index >= 15 is 0 Å². The summed E-state index contributed by atoms with van der Waals surface area (Å²) in [6.45, 7) is 4.27. The summed E-state index contributed by atoms with van der Waals surface area (Å²) in [6.07, 6.45) is 4.97. The van der Waals surface area contributed by atoms with Crippen LogP contribution in [0.5, 0.6) is 5.75 Å². The number of nitriles is 1. The predicted molar refractivity (Wildman–Crippen MR) is 86.5 cm³/mol. The molecule has 0 fully saturated rings. The number of rotatable bonds is 6. The van der Waals surface area contributed by atoms with Crippen LogP contribution in [0.3, 0.4) is 0 Å². The Morgan fingerprint density at radius 3 is 2.45 bits per heavy atom. The van der Waals surface area contributed by atoms with Crippen molar-refractivity contribution < 1.29 is 9.84 Å². The quantitative estimate of drug-likeness (QED) is 0.843. The van der Waals surface area contributed by atoms with Crippen LogP contribution in [-0.4, -0.2) is 16.8 Å². The number of unbranched alkanes of at least 4 members (excludes halogenated alkanes) is 2. The number of benzene rings is 1. The van der Waals surface area contributed by atoms with Crippen LogP contribution < -0.4 is 10.5 Å². The molecule has 0 saturated heterocycles. The van der Waals surface area contributed by atoms with Crippen LogP contribution in [0.15, 0.2) is 18.2 Å². The Balaban J connectivity index is 2.38. The van der Waals surface area contributed by atoms with Gasteiger partial charge in [0.1, 0.15) is 17.5 Å². The van der Waals surface area contributed by atoms with Gasteiger partial charge in [0.15, 0.2) is 0 Å². The van der Waals surface area contributed by atoms with Gasteiger partial charge >= 0.3 is 0 Å². The molecule has 0 radical (unpaired) electrons. The Kier molecular flexibility index (Phi) is 5.44. The van der Waals surface area contributed by atoms with Gasteiger partial charge in [-0.05, 0) is 43.9 Å². The number of aliphatic hydroxyl groups excluding tert-OH is 1. The van der Waals surface area contributed by atoms with E-state index < -0.39 is 17.7 Å². The summed E-state index contributed by atoms with van der Waals surface area (Å²) in [7, 11) is 0. The van der Waals surface area contributed by atoms with E-state index in [2.05, 4.69) is 19.9 Å². The number of aliphatic hydroxyl groups is 1. The minimum absolute atomic E-state index is 0.509. The average molecular weight is 302 g/mol. The van der Waals surface area contributed by atoms with Crippen LogP contribution in [0, 0.1) is 11.3 Å². The van der Waals surface area contributed by atoms with Crippen molar-refractivity contribution in [1.82, 2.24) is 0 Å². The van der Waals surface area contributed by atoms with Gasteiger partial charge in [0.2, 0.25) is 0 Å². The molecule has 22 heavy (non-hydrogen) atoms. The number of hydrogen-bond donors (Lipinski definition) is 2. The molecule has 0 aromatic heterocycles. The zero-order chi connectivity index (χ0) is 16.2. The molecule has 0 aliphatic carbocycles. The molecule has 2 atom stereocenters. The van der Waals surface area contributed by atoms with Gasteiger partial charge in [0, 0.05) is 5.56 Å². The van der Waals surface area contributed by atoms with E-state index in [4.69, 9.17) is 15.7 Å². The third-order valence-corrected chi connectivity index (χ3v) is 4.60. The normalized spacial score (nSPS) is 22.5. The number of nitrogens with two attached hydrogens (primary N) is 1. The van der Waals surface area contributed by atoms with Crippen LogP contribution in [0.2, 0.25) is 0 Å². The van der Waals surface area contributed by atoms with E-state index in [0.29, 0.717) is 11.3 Å². The van der Waals surface area contributed by atoms with E-state index in [0.717, 1.165) is 44.1 Å². The zero-order valence-corrected chi connectivity index (χ0v) is 13.5. The molecule has 1 aliphatic rings. The van der Waals surface area contributed by atoms with Gasteiger partial charge < -0.3 is 15.6 Å². The first-order chi connectivity index (χ1) is 10.6. The lowest BCUT2D eigenvalue weighted by Crippen LogP contribution is -2.55. The molecule has 3 N–H and O–H groups in total. The molecule has 4 heteroatoms. The van der Waals surface area contributed by atoms with Crippen LogP contribution in [0.1, 0.15) is 69.5 Å². The van der Waals surface area contributed by atoms with Crippen LogP contribution in [0.25, 0.3) is 0 Å². The molecule has 0 saturated carbocycles. The molecule has 2 rings (SSSR count). The Morgan fingerprint density at radius 2 is 1.91 bits per heavy atom. The maximum atomic E-state index is 10.8. The van der Waals surface area contributed by atoms with Gasteiger partial charge in [0.05, 0.1) is 17.7 Å². The van der Waals surface area contributed by atoms with Crippen LogP contribution >= 0.6 is 0 Å². The summed E-state index contributed by atoms with van der Waals surface area (Å²) in [5.74, 6) is 0.712. The molecular weight excluding hydrogens is 276 g/mol. The molecule has 1 heterocycles. The van der Waals surface area contributed by atoms with E-state index in [9.17, 15) is 5.11 Å². The highest BCUT2D eigenvalue weighted by molar-refractivity contribution is 5.46. The van der Waals surface area contributed by atoms with Crippen molar-refractivity contribution in [1.29, 1.82) is 5.26 Å². The highest BCUT2D eigenvalue weighted by Gasteiger charge is 2.47. The number of fused-ring (bicyclic) bond motifs is 1. The van der Waals surface area contributed by atoms with Crippen molar-refractivity contribution in [3.8, 4) is 11.8 Å². The smallest absolute Gasteiger partial charge is 0.137 e. The van der Waals surface area contributed by atoms with Crippen LogP contribution in [0.4, 0.5) is 0 Å². The van der Waals surface area contributed by atoms with E-state index in [1.54, 1.807) is 12.1 Å². The van der Waals surface area contributed by atoms with E-state index in [1.165, 1.54) is 0 Å². The van der Waals surface area contributed by atoms with Crippen molar-refractivity contribution in [2.45, 2.75) is 70.1 Å². The molecule has 0 bridgehead atoms. The third kappa shape index (κ3) is 3.11. The third-order valence-electron chi connectivity index (χ3n) is 4.60. The second-order valence-corrected chi connectivity index (χ2v) is 6.21. The number of hydrogen-bond acceptors (Lipinski definition) is 4. The molecule has 2 unspecified atom stereocenters. The molecular formula is C18H26N2O2. The van der Waals surface area contributed by atoms with Gasteiger partial charge in [-0.3, -0.25) is 0 Å². The van der Waals surface area contributed by atoms with Gasteiger partial charge in [0.25, 0.3) is 0 Å². The van der Waals surface area contributed by atoms with Gasteiger partial charge in [-0.15, -0.1) is 0 Å². The second-order valence-electron chi connectivity index (χ2n) is 6.21. The van der Waals surface area contributed by atoms with Crippen molar-refractivity contribution in [2.75, 3.05) is 0 Å². The minimum atomic E-state index is -0.743. The molecule has 1 aliphatic heterocycles. The Labute approximate surface area is 132 Å². The largest absolute Gasteiger partial charge is 0.484 e. The summed E-state index contributed by atoms with van der Waals surface area (Å²) < 4.78 is 6.27. The second kappa shape index (κ2) is 7.13. The average Bonchev–Trinajstić information content (AvgIpc) is 2.55. The topological polar surface area (TPSA) is 79.3 Å². The monoisotopic (exact) mass is 302 g/mol. The molecule has 0 amide bonds. The summed E-state index contributed by atoms with van der Waals surface area (Å²) in [6, 6.07) is 6.88. The van der Waals surface area contributed by atoms with Crippen molar-refractivity contribution in [2.24, 2.45) is 5.73 Å². The zero-order valence-electron chi connectivity index (χ0n) is 13.5. The lowest BCUT2D eigenvalue weighted by molar-refractivity contribution is -0.0933. The first kappa shape index (κ1) is 16.8. The lowest BCUT2D eigenvalue weighted by Gasteiger charge is -2.45. The first-order valence-corrected chi connectivity index (χ1v) is 8.24. The maximum Gasteiger partial charge on any atom is 0.137 e. The number of nitrogens with zero attached hydrogens (tertiary/aromatic N) is 1. The Bertz CT molecular complexity index is 543. The molecule has 4 nitrogen and oxygen atoms in total. The SMILES string of the molecule is CCCCC1(CCCC)Oc2ccc(C#N)cc2C(N)C1O. The van der Waals surface area contributed by atoms with Crippen LogP contribution in [-0.2, 0) is 0 Å². The lowest BCUT2D eigenvalue weighted by atomic mass is 9.78. The molecule has 1 aromatic rings. The molecule has 1 aromatic carbocycles. The predicted octanol–water partition coefficient (Wildman–Crippen LogP) is 3.43. The van der Waals surface area contributed by atoms with Crippen molar-refractivity contribution in [3.05, 3.63) is 29.3 Å². The first-order valence-electron chi connectivity index (χ1n) is 8.24. The Hall–Kier alpha value is -1.57. The minimum Gasteiger partial charge on any atom is -0.484 e. The van der Waals surface area contributed by atoms with Crippen molar-refractivity contribution in [3.63, 3.8) is 0 Å². The summed E-state index contributed by atoms with van der Waals surface area (Å²) in [4.78, 5) is 0. The molecule has 0 spiro atoms. The van der Waals surface area contributed by atoms with Gasteiger partial charge in [-0.1, -0.05) is 26.7 Å². The van der Waals surface area contributed by atoms with Crippen molar-refractivity contribution >= 4 is 0 Å². The summed E-state index contributed by atoms with van der Waals surface area (Å²) in [5.41, 5.74) is 6.96. The number of ether oxygens (including phenoxy) is 1. The standard InChI is InChI=1S/C18H26N2O2/c1-3-5-9-18(10-6-4-2)17(21)16(20)14-11-13(12-19)7-8-15(14)22-18/h7-8,11,16-17,21H,3-6,9-10,20H2,1-2H3. The fourth-order valence-corrected chi connectivity index (χ4v) is 3.22. The highest BCUT2D eigenvalue weighted by atomic mass is 16.5.